The molecule has 90 valence electrons. The number of anilines is 1. The van der Waals surface area contributed by atoms with Crippen LogP contribution in [0.25, 0.3) is 0 Å². The molecular formula is C13H20FNO. The van der Waals surface area contributed by atoms with Gasteiger partial charge in [0.15, 0.2) is 0 Å². The van der Waals surface area contributed by atoms with Crippen molar-refractivity contribution in [3.05, 3.63) is 29.6 Å². The Hall–Kier alpha value is -1.09. The predicted octanol–water partition coefficient (Wildman–Crippen LogP) is 2.96. The van der Waals surface area contributed by atoms with Crippen LogP contribution in [0.4, 0.5) is 10.1 Å². The van der Waals surface area contributed by atoms with E-state index in [2.05, 4.69) is 5.32 Å². The van der Waals surface area contributed by atoms with Gasteiger partial charge in [-0.05, 0) is 43.9 Å². The molecule has 0 aliphatic rings. The first-order valence-electron chi connectivity index (χ1n) is 5.83. The second-order valence-corrected chi connectivity index (χ2v) is 4.07. The molecule has 1 rings (SSSR count). The first-order valence-corrected chi connectivity index (χ1v) is 5.83. The maximum atomic E-state index is 13.5. The summed E-state index contributed by atoms with van der Waals surface area (Å²) in [7, 11) is 0. The Bertz CT molecular complexity index is 328. The summed E-state index contributed by atoms with van der Waals surface area (Å²) in [5.74, 6) is -0.151. The fraction of sp³-hybridized carbons (Fsp3) is 0.538. The molecule has 0 radical (unpaired) electrons. The summed E-state index contributed by atoms with van der Waals surface area (Å²) in [6, 6.07) is 5.50. The van der Waals surface area contributed by atoms with Crippen molar-refractivity contribution in [2.24, 2.45) is 0 Å². The van der Waals surface area contributed by atoms with E-state index in [1.165, 1.54) is 6.07 Å². The summed E-state index contributed by atoms with van der Waals surface area (Å²) in [6.45, 7) is 4.17. The molecule has 0 heterocycles. The van der Waals surface area contributed by atoms with Crippen LogP contribution in [-0.4, -0.2) is 17.8 Å². The standard InChI is InChI=1S/C13H20FNO/c1-3-11-6-7-12(9-13(11)14)15-10(2)5-4-8-16/h6-7,9-10,15-16H,3-5,8H2,1-2H3. The Morgan fingerprint density at radius 1 is 1.44 bits per heavy atom. The molecule has 1 unspecified atom stereocenters. The van der Waals surface area contributed by atoms with Crippen LogP contribution in [0.15, 0.2) is 18.2 Å². The van der Waals surface area contributed by atoms with Crippen molar-refractivity contribution in [1.82, 2.24) is 0 Å². The lowest BCUT2D eigenvalue weighted by Crippen LogP contribution is -2.15. The second-order valence-electron chi connectivity index (χ2n) is 4.07. The average Bonchev–Trinajstić information content (AvgIpc) is 2.26. The van der Waals surface area contributed by atoms with E-state index in [0.717, 1.165) is 24.1 Å². The van der Waals surface area contributed by atoms with Gasteiger partial charge in [-0.3, -0.25) is 0 Å². The molecule has 1 atom stereocenters. The Labute approximate surface area is 96.5 Å². The zero-order valence-electron chi connectivity index (χ0n) is 9.96. The van der Waals surface area contributed by atoms with Crippen LogP contribution >= 0.6 is 0 Å². The maximum Gasteiger partial charge on any atom is 0.128 e. The van der Waals surface area contributed by atoms with E-state index in [9.17, 15) is 4.39 Å². The molecule has 2 N–H and O–H groups in total. The van der Waals surface area contributed by atoms with E-state index in [4.69, 9.17) is 5.11 Å². The number of aryl methyl sites for hydroxylation is 1. The minimum Gasteiger partial charge on any atom is -0.396 e. The van der Waals surface area contributed by atoms with Crippen molar-refractivity contribution in [1.29, 1.82) is 0 Å². The average molecular weight is 225 g/mol. The SMILES string of the molecule is CCc1ccc(NC(C)CCCO)cc1F. The van der Waals surface area contributed by atoms with Gasteiger partial charge in [-0.1, -0.05) is 13.0 Å². The molecule has 0 spiro atoms. The molecule has 1 aromatic carbocycles. The van der Waals surface area contributed by atoms with Gasteiger partial charge in [-0.15, -0.1) is 0 Å². The van der Waals surface area contributed by atoms with Crippen LogP contribution in [0, 0.1) is 5.82 Å². The van der Waals surface area contributed by atoms with Gasteiger partial charge in [-0.2, -0.15) is 0 Å². The number of aliphatic hydroxyl groups excluding tert-OH is 1. The largest absolute Gasteiger partial charge is 0.396 e. The highest BCUT2D eigenvalue weighted by molar-refractivity contribution is 5.46. The monoisotopic (exact) mass is 225 g/mol. The smallest absolute Gasteiger partial charge is 0.128 e. The van der Waals surface area contributed by atoms with Crippen LogP contribution in [0.1, 0.15) is 32.3 Å². The minimum absolute atomic E-state index is 0.151. The topological polar surface area (TPSA) is 32.3 Å². The summed E-state index contributed by atoms with van der Waals surface area (Å²) in [5.41, 5.74) is 1.55. The lowest BCUT2D eigenvalue weighted by Gasteiger charge is -2.15. The van der Waals surface area contributed by atoms with E-state index >= 15 is 0 Å². The zero-order chi connectivity index (χ0) is 12.0. The molecular weight excluding hydrogens is 205 g/mol. The third kappa shape index (κ3) is 3.81. The molecule has 16 heavy (non-hydrogen) atoms. The summed E-state index contributed by atoms with van der Waals surface area (Å²) in [4.78, 5) is 0. The third-order valence-electron chi connectivity index (χ3n) is 2.64. The highest BCUT2D eigenvalue weighted by Gasteiger charge is 2.04. The van der Waals surface area contributed by atoms with Gasteiger partial charge in [0.25, 0.3) is 0 Å². The number of rotatable bonds is 6. The van der Waals surface area contributed by atoms with Crippen molar-refractivity contribution < 1.29 is 9.50 Å². The van der Waals surface area contributed by atoms with E-state index < -0.39 is 0 Å². The Balaban J connectivity index is 2.57. The van der Waals surface area contributed by atoms with Gasteiger partial charge >= 0.3 is 0 Å². The normalized spacial score (nSPS) is 12.5. The first-order chi connectivity index (χ1) is 7.67. The van der Waals surface area contributed by atoms with Crippen LogP contribution in [0.3, 0.4) is 0 Å². The number of halogens is 1. The lowest BCUT2D eigenvalue weighted by molar-refractivity contribution is 0.282. The van der Waals surface area contributed by atoms with Gasteiger partial charge in [0.2, 0.25) is 0 Å². The first kappa shape index (κ1) is 13.0. The Morgan fingerprint density at radius 3 is 2.75 bits per heavy atom. The number of benzene rings is 1. The number of nitrogens with one attached hydrogen (secondary N) is 1. The zero-order valence-corrected chi connectivity index (χ0v) is 9.96. The summed E-state index contributed by atoms with van der Waals surface area (Å²) in [5, 5.41) is 11.9. The van der Waals surface area contributed by atoms with Crippen molar-refractivity contribution in [3.8, 4) is 0 Å². The highest BCUT2D eigenvalue weighted by Crippen LogP contribution is 2.16. The Kier molecular flexibility index (Phi) is 5.26. The molecule has 3 heteroatoms. The van der Waals surface area contributed by atoms with Crippen LogP contribution in [0.5, 0.6) is 0 Å². The van der Waals surface area contributed by atoms with Crippen molar-refractivity contribution in [3.63, 3.8) is 0 Å². The summed E-state index contributed by atoms with van der Waals surface area (Å²) < 4.78 is 13.5. The fourth-order valence-electron chi connectivity index (χ4n) is 1.68. The van der Waals surface area contributed by atoms with E-state index in [1.54, 1.807) is 0 Å². The van der Waals surface area contributed by atoms with Gasteiger partial charge in [0, 0.05) is 18.3 Å². The molecule has 2 nitrogen and oxygen atoms in total. The second kappa shape index (κ2) is 6.48. The molecule has 0 aliphatic carbocycles. The molecule has 0 amide bonds. The van der Waals surface area contributed by atoms with E-state index in [-0.39, 0.29) is 18.5 Å². The molecule has 0 bridgehead atoms. The van der Waals surface area contributed by atoms with Crippen LogP contribution < -0.4 is 5.32 Å². The molecule has 0 saturated heterocycles. The van der Waals surface area contributed by atoms with Crippen molar-refractivity contribution in [2.75, 3.05) is 11.9 Å². The Morgan fingerprint density at radius 2 is 2.19 bits per heavy atom. The predicted molar refractivity (Wildman–Crippen MR) is 65.2 cm³/mol. The number of hydrogen-bond donors (Lipinski definition) is 2. The fourth-order valence-corrected chi connectivity index (χ4v) is 1.68. The molecule has 0 aliphatic heterocycles. The van der Waals surface area contributed by atoms with Gasteiger partial charge < -0.3 is 10.4 Å². The number of aliphatic hydroxyl groups is 1. The van der Waals surface area contributed by atoms with Crippen LogP contribution in [0.2, 0.25) is 0 Å². The maximum absolute atomic E-state index is 13.5. The van der Waals surface area contributed by atoms with Gasteiger partial charge in [-0.25, -0.2) is 4.39 Å². The third-order valence-corrected chi connectivity index (χ3v) is 2.64. The molecule has 0 aromatic heterocycles. The van der Waals surface area contributed by atoms with Gasteiger partial charge in [0.1, 0.15) is 5.82 Å². The lowest BCUT2D eigenvalue weighted by atomic mass is 10.1. The van der Waals surface area contributed by atoms with Crippen molar-refractivity contribution in [2.45, 2.75) is 39.2 Å². The number of hydrogen-bond acceptors (Lipinski definition) is 2. The molecule has 1 aromatic rings. The van der Waals surface area contributed by atoms with E-state index in [1.807, 2.05) is 26.0 Å². The highest BCUT2D eigenvalue weighted by atomic mass is 19.1. The van der Waals surface area contributed by atoms with E-state index in [0.29, 0.717) is 6.42 Å². The quantitative estimate of drug-likeness (QED) is 0.780. The molecule has 0 fully saturated rings. The summed E-state index contributed by atoms with van der Waals surface area (Å²) >= 11 is 0. The minimum atomic E-state index is -0.151. The van der Waals surface area contributed by atoms with Crippen LogP contribution in [-0.2, 0) is 6.42 Å². The molecule has 0 saturated carbocycles. The van der Waals surface area contributed by atoms with Gasteiger partial charge in [0.05, 0.1) is 0 Å². The van der Waals surface area contributed by atoms with Crippen molar-refractivity contribution >= 4 is 5.69 Å². The summed E-state index contributed by atoms with van der Waals surface area (Å²) in [6.07, 6.45) is 2.36.